The fraction of sp³-hybridized carbons (Fsp3) is 0.364. The number of carbonyl (C=O) groups excluding carboxylic acids is 1. The highest BCUT2D eigenvalue weighted by molar-refractivity contribution is 14.1. The third-order valence-corrected chi connectivity index (χ3v) is 3.17. The van der Waals surface area contributed by atoms with Gasteiger partial charge in [-0.1, -0.05) is 13.8 Å². The van der Waals surface area contributed by atoms with Gasteiger partial charge < -0.3 is 16.8 Å². The van der Waals surface area contributed by atoms with E-state index in [4.69, 9.17) is 11.5 Å². The summed E-state index contributed by atoms with van der Waals surface area (Å²) in [6.45, 7) is 3.90. The lowest BCUT2D eigenvalue weighted by Crippen LogP contribution is -2.39. The van der Waals surface area contributed by atoms with Gasteiger partial charge in [-0.3, -0.25) is 4.79 Å². The molecule has 16 heavy (non-hydrogen) atoms. The van der Waals surface area contributed by atoms with Crippen LogP contribution in [-0.4, -0.2) is 11.9 Å². The van der Waals surface area contributed by atoms with Gasteiger partial charge in [0.15, 0.2) is 0 Å². The molecule has 1 atom stereocenters. The van der Waals surface area contributed by atoms with E-state index in [1.165, 1.54) is 0 Å². The Hall–Kier alpha value is -0.980. The van der Waals surface area contributed by atoms with Crippen LogP contribution in [0.1, 0.15) is 13.8 Å². The van der Waals surface area contributed by atoms with Gasteiger partial charge in [-0.25, -0.2) is 0 Å². The van der Waals surface area contributed by atoms with Crippen LogP contribution in [0.3, 0.4) is 0 Å². The highest BCUT2D eigenvalue weighted by Gasteiger charge is 2.19. The largest absolute Gasteiger partial charge is 0.399 e. The minimum Gasteiger partial charge on any atom is -0.399 e. The van der Waals surface area contributed by atoms with E-state index in [1.54, 1.807) is 6.07 Å². The molecule has 1 amide bonds. The molecule has 0 spiro atoms. The molecule has 1 rings (SSSR count). The van der Waals surface area contributed by atoms with Crippen molar-refractivity contribution in [1.82, 2.24) is 0 Å². The molecular formula is C11H16IN3O. The quantitative estimate of drug-likeness (QED) is 0.580. The summed E-state index contributed by atoms with van der Waals surface area (Å²) in [5, 5.41) is 3.14. The minimum absolute atomic E-state index is 0.144. The number of nitrogen functional groups attached to an aromatic ring is 1. The average molecular weight is 333 g/mol. The Morgan fingerprint density at radius 1 is 1.44 bits per heavy atom. The van der Waals surface area contributed by atoms with Crippen LogP contribution in [0.5, 0.6) is 0 Å². The summed E-state index contributed by atoms with van der Waals surface area (Å²) in [7, 11) is 0. The lowest BCUT2D eigenvalue weighted by Gasteiger charge is -2.21. The molecule has 0 fully saturated rings. The van der Waals surface area contributed by atoms with Gasteiger partial charge in [-0.15, -0.1) is 0 Å². The Morgan fingerprint density at radius 3 is 2.50 bits per heavy atom. The van der Waals surface area contributed by atoms with E-state index in [1.807, 2.05) is 26.0 Å². The Morgan fingerprint density at radius 2 is 2.06 bits per heavy atom. The third-order valence-electron chi connectivity index (χ3n) is 2.28. The van der Waals surface area contributed by atoms with Crippen LogP contribution in [-0.2, 0) is 4.79 Å². The Balaban J connectivity index is 2.90. The molecule has 0 aliphatic carbocycles. The predicted molar refractivity (Wildman–Crippen MR) is 75.0 cm³/mol. The molecule has 0 aliphatic heterocycles. The van der Waals surface area contributed by atoms with Crippen molar-refractivity contribution in [2.45, 2.75) is 19.9 Å². The van der Waals surface area contributed by atoms with Crippen molar-refractivity contribution < 1.29 is 4.79 Å². The first kappa shape index (κ1) is 13.1. The van der Waals surface area contributed by atoms with E-state index >= 15 is 0 Å². The molecular weight excluding hydrogens is 317 g/mol. The van der Waals surface area contributed by atoms with E-state index in [0.717, 1.165) is 9.26 Å². The van der Waals surface area contributed by atoms with Gasteiger partial charge in [0.05, 0.1) is 0 Å². The monoisotopic (exact) mass is 333 g/mol. The van der Waals surface area contributed by atoms with Crippen LogP contribution in [0.4, 0.5) is 11.4 Å². The summed E-state index contributed by atoms with van der Waals surface area (Å²) in [6.07, 6.45) is 0. The SMILES string of the molecule is CC(C)C(Nc1ccc(N)cc1I)C(N)=O. The van der Waals surface area contributed by atoms with Gasteiger partial charge >= 0.3 is 0 Å². The highest BCUT2D eigenvalue weighted by atomic mass is 127. The Kier molecular flexibility index (Phi) is 4.40. The third kappa shape index (κ3) is 3.26. The number of anilines is 2. The summed E-state index contributed by atoms with van der Waals surface area (Å²) >= 11 is 2.17. The van der Waals surface area contributed by atoms with Crippen LogP contribution in [0.25, 0.3) is 0 Å². The van der Waals surface area contributed by atoms with Crippen molar-refractivity contribution in [3.8, 4) is 0 Å². The molecule has 1 aromatic rings. The normalized spacial score (nSPS) is 12.5. The number of amides is 1. The molecule has 5 N–H and O–H groups in total. The zero-order valence-corrected chi connectivity index (χ0v) is 11.5. The summed E-state index contributed by atoms with van der Waals surface area (Å²) in [4.78, 5) is 11.3. The lowest BCUT2D eigenvalue weighted by molar-refractivity contribution is -0.119. The number of benzene rings is 1. The maximum absolute atomic E-state index is 11.3. The number of nitrogens with one attached hydrogen (secondary N) is 1. The molecule has 4 nitrogen and oxygen atoms in total. The van der Waals surface area contributed by atoms with Gasteiger partial charge in [-0.2, -0.15) is 0 Å². The van der Waals surface area contributed by atoms with Gasteiger partial charge in [0.25, 0.3) is 0 Å². The Labute approximate surface area is 109 Å². The second kappa shape index (κ2) is 5.38. The second-order valence-corrected chi connectivity index (χ2v) is 5.17. The summed E-state index contributed by atoms with van der Waals surface area (Å²) in [5.41, 5.74) is 12.6. The van der Waals surface area contributed by atoms with Crippen molar-refractivity contribution in [2.24, 2.45) is 11.7 Å². The number of halogens is 1. The molecule has 88 valence electrons. The average Bonchev–Trinajstić information content (AvgIpc) is 2.15. The molecule has 5 heteroatoms. The van der Waals surface area contributed by atoms with E-state index in [2.05, 4.69) is 27.9 Å². The van der Waals surface area contributed by atoms with Crippen LogP contribution >= 0.6 is 22.6 Å². The molecule has 0 aromatic heterocycles. The number of primary amides is 1. The molecule has 0 heterocycles. The van der Waals surface area contributed by atoms with E-state index in [0.29, 0.717) is 5.69 Å². The maximum Gasteiger partial charge on any atom is 0.240 e. The van der Waals surface area contributed by atoms with Crippen molar-refractivity contribution in [3.63, 3.8) is 0 Å². The van der Waals surface area contributed by atoms with Gasteiger partial charge in [0, 0.05) is 14.9 Å². The van der Waals surface area contributed by atoms with E-state index < -0.39 is 0 Å². The number of hydrogen-bond donors (Lipinski definition) is 3. The molecule has 0 saturated heterocycles. The topological polar surface area (TPSA) is 81.1 Å². The second-order valence-electron chi connectivity index (χ2n) is 4.01. The van der Waals surface area contributed by atoms with Gasteiger partial charge in [0.1, 0.15) is 6.04 Å². The van der Waals surface area contributed by atoms with Crippen LogP contribution in [0.15, 0.2) is 18.2 Å². The first-order chi connectivity index (χ1) is 7.41. The summed E-state index contributed by atoms with van der Waals surface area (Å²) < 4.78 is 0.976. The minimum atomic E-state index is -0.364. The van der Waals surface area contributed by atoms with Crippen LogP contribution < -0.4 is 16.8 Å². The molecule has 0 bridgehead atoms. The number of carbonyl (C=O) groups is 1. The van der Waals surface area contributed by atoms with Crippen LogP contribution in [0, 0.1) is 9.49 Å². The number of nitrogens with two attached hydrogens (primary N) is 2. The van der Waals surface area contributed by atoms with Crippen molar-refractivity contribution in [3.05, 3.63) is 21.8 Å². The zero-order valence-electron chi connectivity index (χ0n) is 9.33. The Bertz CT molecular complexity index is 393. The standard InChI is InChI=1S/C11H16IN3O/c1-6(2)10(11(14)16)15-9-4-3-7(13)5-8(9)12/h3-6,10,15H,13H2,1-2H3,(H2,14,16). The fourth-order valence-electron chi connectivity index (χ4n) is 1.38. The molecule has 0 radical (unpaired) electrons. The van der Waals surface area contributed by atoms with Gasteiger partial charge in [-0.05, 0) is 46.7 Å². The summed E-state index contributed by atoms with van der Waals surface area (Å²) in [5.74, 6) is -0.200. The molecule has 0 aliphatic rings. The van der Waals surface area contributed by atoms with Gasteiger partial charge in [0.2, 0.25) is 5.91 Å². The first-order valence-corrected chi connectivity index (χ1v) is 6.10. The number of rotatable bonds is 4. The van der Waals surface area contributed by atoms with Crippen molar-refractivity contribution in [2.75, 3.05) is 11.1 Å². The highest BCUT2D eigenvalue weighted by Crippen LogP contribution is 2.22. The lowest BCUT2D eigenvalue weighted by atomic mass is 10.0. The van der Waals surface area contributed by atoms with Crippen molar-refractivity contribution in [1.29, 1.82) is 0 Å². The van der Waals surface area contributed by atoms with E-state index in [-0.39, 0.29) is 17.9 Å². The van der Waals surface area contributed by atoms with Crippen LogP contribution in [0.2, 0.25) is 0 Å². The number of hydrogen-bond acceptors (Lipinski definition) is 3. The maximum atomic E-state index is 11.3. The molecule has 1 unspecified atom stereocenters. The molecule has 1 aromatic carbocycles. The fourth-order valence-corrected chi connectivity index (χ4v) is 2.08. The van der Waals surface area contributed by atoms with E-state index in [9.17, 15) is 4.79 Å². The molecule has 0 saturated carbocycles. The predicted octanol–water partition coefficient (Wildman–Crippen LogP) is 1.80. The first-order valence-electron chi connectivity index (χ1n) is 5.02. The van der Waals surface area contributed by atoms with Crippen molar-refractivity contribution >= 4 is 39.9 Å². The summed E-state index contributed by atoms with van der Waals surface area (Å²) in [6, 6.07) is 5.14. The smallest absolute Gasteiger partial charge is 0.240 e. The zero-order chi connectivity index (χ0) is 12.3.